The molecule has 5 aromatic rings. The van der Waals surface area contributed by atoms with Crippen molar-refractivity contribution in [3.05, 3.63) is 64.4 Å². The quantitative estimate of drug-likeness (QED) is 0.264. The van der Waals surface area contributed by atoms with Crippen molar-refractivity contribution in [1.82, 2.24) is 30.2 Å². The zero-order chi connectivity index (χ0) is 22.8. The van der Waals surface area contributed by atoms with Crippen molar-refractivity contribution in [2.24, 2.45) is 0 Å². The number of methoxy groups -OCH3 is 1. The number of carbonyl (C=O) groups excluding carboxylic acids is 1. The lowest BCUT2D eigenvalue weighted by Gasteiger charge is -2.10. The number of thioether (sulfide) groups is 1. The fraction of sp³-hybridized carbons (Fsp3) is 0.174. The molecule has 10 heteroatoms. The molecule has 0 saturated heterocycles. The number of nitrogens with one attached hydrogen (secondary N) is 1. The summed E-state index contributed by atoms with van der Waals surface area (Å²) >= 11 is 3.03. The van der Waals surface area contributed by atoms with Gasteiger partial charge in [0.05, 0.1) is 19.2 Å². The number of esters is 1. The van der Waals surface area contributed by atoms with Gasteiger partial charge in [-0.2, -0.15) is 5.21 Å². The van der Waals surface area contributed by atoms with Crippen LogP contribution in [0, 0.1) is 0 Å². The van der Waals surface area contributed by atoms with E-state index in [0.29, 0.717) is 22.8 Å². The number of nitrogens with zero attached hydrogens (tertiary/aromatic N) is 5. The molecule has 0 aliphatic carbocycles. The maximum atomic E-state index is 12.1. The first kappa shape index (κ1) is 21.4. The van der Waals surface area contributed by atoms with Crippen LogP contribution in [0.4, 0.5) is 0 Å². The van der Waals surface area contributed by atoms with Crippen molar-refractivity contribution in [3.63, 3.8) is 0 Å². The zero-order valence-electron chi connectivity index (χ0n) is 18.0. The molecule has 8 nitrogen and oxygen atoms in total. The first-order valence-electron chi connectivity index (χ1n) is 10.3. The molecule has 2 aromatic carbocycles. The molecule has 5 rings (SSSR count). The Hall–Kier alpha value is -3.50. The number of aromatic nitrogens is 6. The summed E-state index contributed by atoms with van der Waals surface area (Å²) in [6, 6.07) is 16.4. The molecule has 33 heavy (non-hydrogen) atoms. The van der Waals surface area contributed by atoms with Crippen LogP contribution in [0.25, 0.3) is 33.5 Å². The van der Waals surface area contributed by atoms with Gasteiger partial charge in [0.15, 0.2) is 5.16 Å². The standard InChI is InChI=1S/C23H20N6O2S2/c1-3-32-23-24-19-18(13-33-20(19)22(30)31-2)29(23)12-14-8-10-15(11-9-14)16-6-4-5-7-17(16)21-25-27-28-26-21/h4-11,13H,3,12H2,1-2H3,(H,25,26,27,28). The van der Waals surface area contributed by atoms with Gasteiger partial charge in [-0.15, -0.1) is 21.5 Å². The third-order valence-corrected chi connectivity index (χ3v) is 7.03. The van der Waals surface area contributed by atoms with Gasteiger partial charge < -0.3 is 9.30 Å². The van der Waals surface area contributed by atoms with E-state index < -0.39 is 0 Å². The van der Waals surface area contributed by atoms with Gasteiger partial charge in [0.1, 0.15) is 10.4 Å². The van der Waals surface area contributed by atoms with E-state index >= 15 is 0 Å². The number of hydrogen-bond donors (Lipinski definition) is 1. The van der Waals surface area contributed by atoms with Crippen LogP contribution in [0.15, 0.2) is 59.1 Å². The highest BCUT2D eigenvalue weighted by atomic mass is 32.2. The van der Waals surface area contributed by atoms with Gasteiger partial charge in [-0.25, -0.2) is 9.78 Å². The highest BCUT2D eigenvalue weighted by Gasteiger charge is 2.21. The summed E-state index contributed by atoms with van der Waals surface area (Å²) in [5, 5.41) is 17.3. The second-order valence-corrected chi connectivity index (χ2v) is 9.29. The lowest BCUT2D eigenvalue weighted by atomic mass is 9.98. The van der Waals surface area contributed by atoms with E-state index in [2.05, 4.69) is 62.4 Å². The van der Waals surface area contributed by atoms with Gasteiger partial charge in [-0.05, 0) is 27.7 Å². The van der Waals surface area contributed by atoms with Crippen molar-refractivity contribution in [3.8, 4) is 22.5 Å². The number of ether oxygens (including phenoxy) is 1. The van der Waals surface area contributed by atoms with Crippen molar-refractivity contribution >= 4 is 40.1 Å². The Morgan fingerprint density at radius 3 is 2.64 bits per heavy atom. The number of rotatable bonds is 7. The largest absolute Gasteiger partial charge is 0.465 e. The average Bonchev–Trinajstić information content (AvgIpc) is 3.59. The summed E-state index contributed by atoms with van der Waals surface area (Å²) in [7, 11) is 1.39. The molecule has 0 spiro atoms. The molecule has 0 bridgehead atoms. The number of imidazole rings is 1. The third-order valence-electron chi connectivity index (χ3n) is 5.24. The summed E-state index contributed by atoms with van der Waals surface area (Å²) in [6.45, 7) is 2.75. The summed E-state index contributed by atoms with van der Waals surface area (Å²) in [4.78, 5) is 17.4. The molecular formula is C23H20N6O2S2. The Bertz CT molecular complexity index is 1410. The molecule has 3 aromatic heterocycles. The van der Waals surface area contributed by atoms with Gasteiger partial charge in [0, 0.05) is 10.9 Å². The molecule has 0 fully saturated rings. The fourth-order valence-electron chi connectivity index (χ4n) is 3.71. The normalized spacial score (nSPS) is 11.2. The van der Waals surface area contributed by atoms with Crippen LogP contribution in [0.2, 0.25) is 0 Å². The van der Waals surface area contributed by atoms with Crippen LogP contribution in [0.5, 0.6) is 0 Å². The van der Waals surface area contributed by atoms with E-state index in [4.69, 9.17) is 9.72 Å². The first-order valence-corrected chi connectivity index (χ1v) is 12.2. The predicted molar refractivity (Wildman–Crippen MR) is 129 cm³/mol. The smallest absolute Gasteiger partial charge is 0.350 e. The van der Waals surface area contributed by atoms with Gasteiger partial charge in [0.2, 0.25) is 5.82 Å². The van der Waals surface area contributed by atoms with Crippen LogP contribution >= 0.6 is 23.1 Å². The Morgan fingerprint density at radius 2 is 1.94 bits per heavy atom. The van der Waals surface area contributed by atoms with E-state index in [-0.39, 0.29) is 5.97 Å². The summed E-state index contributed by atoms with van der Waals surface area (Å²) in [6.07, 6.45) is 0. The van der Waals surface area contributed by atoms with E-state index in [1.54, 1.807) is 11.8 Å². The van der Waals surface area contributed by atoms with Crippen LogP contribution in [0.3, 0.4) is 0 Å². The Labute approximate surface area is 198 Å². The number of aromatic amines is 1. The summed E-state index contributed by atoms with van der Waals surface area (Å²) < 4.78 is 7.08. The Morgan fingerprint density at radius 1 is 1.15 bits per heavy atom. The third kappa shape index (κ3) is 4.03. The van der Waals surface area contributed by atoms with Crippen LogP contribution in [0.1, 0.15) is 22.2 Å². The second-order valence-electron chi connectivity index (χ2n) is 7.18. The van der Waals surface area contributed by atoms with Crippen LogP contribution in [-0.2, 0) is 11.3 Å². The topological polar surface area (TPSA) is 98.6 Å². The minimum atomic E-state index is -0.350. The van der Waals surface area contributed by atoms with Gasteiger partial charge >= 0.3 is 5.97 Å². The minimum Gasteiger partial charge on any atom is -0.465 e. The molecule has 0 atom stereocenters. The van der Waals surface area contributed by atoms with Crippen molar-refractivity contribution in [2.45, 2.75) is 18.6 Å². The molecule has 0 unspecified atom stereocenters. The Kier molecular flexibility index (Phi) is 5.93. The zero-order valence-corrected chi connectivity index (χ0v) is 19.6. The van der Waals surface area contributed by atoms with Crippen LogP contribution in [-0.4, -0.2) is 49.0 Å². The number of hydrogen-bond acceptors (Lipinski definition) is 8. The maximum Gasteiger partial charge on any atom is 0.350 e. The first-order chi connectivity index (χ1) is 16.2. The van der Waals surface area contributed by atoms with Crippen molar-refractivity contribution in [1.29, 1.82) is 0 Å². The number of carbonyl (C=O) groups is 1. The number of fused-ring (bicyclic) bond motifs is 1. The van der Waals surface area contributed by atoms with Gasteiger partial charge in [-0.1, -0.05) is 67.2 Å². The highest BCUT2D eigenvalue weighted by Crippen LogP contribution is 2.33. The second kappa shape index (κ2) is 9.16. The van der Waals surface area contributed by atoms with Gasteiger partial charge in [-0.3, -0.25) is 0 Å². The molecule has 0 aliphatic heterocycles. The monoisotopic (exact) mass is 476 g/mol. The highest BCUT2D eigenvalue weighted by molar-refractivity contribution is 7.99. The molecule has 0 amide bonds. The minimum absolute atomic E-state index is 0.350. The number of thiophene rings is 1. The van der Waals surface area contributed by atoms with Gasteiger partial charge in [0.25, 0.3) is 0 Å². The predicted octanol–water partition coefficient (Wildman–Crippen LogP) is 4.89. The lowest BCUT2D eigenvalue weighted by Crippen LogP contribution is -2.01. The number of H-pyrrole nitrogens is 1. The fourth-order valence-corrected chi connectivity index (χ4v) is 5.35. The summed E-state index contributed by atoms with van der Waals surface area (Å²) in [5.41, 5.74) is 5.82. The molecule has 0 radical (unpaired) electrons. The number of benzene rings is 2. The molecule has 0 aliphatic rings. The molecule has 166 valence electrons. The Balaban J connectivity index is 1.48. The van der Waals surface area contributed by atoms with Crippen LogP contribution < -0.4 is 0 Å². The molecular weight excluding hydrogens is 456 g/mol. The lowest BCUT2D eigenvalue weighted by molar-refractivity contribution is 0.0608. The molecule has 0 saturated carbocycles. The summed E-state index contributed by atoms with van der Waals surface area (Å²) in [5.74, 6) is 1.11. The van der Waals surface area contributed by atoms with Crippen molar-refractivity contribution in [2.75, 3.05) is 12.9 Å². The number of tetrazole rings is 1. The SMILES string of the molecule is CCSc1nc2c(C(=O)OC)scc2n1Cc1ccc(-c2ccccc2-c2nn[nH]n2)cc1. The van der Waals surface area contributed by atoms with E-state index in [1.807, 2.05) is 23.6 Å². The molecule has 1 N–H and O–H groups in total. The average molecular weight is 477 g/mol. The van der Waals surface area contributed by atoms with E-state index in [0.717, 1.165) is 38.7 Å². The maximum absolute atomic E-state index is 12.1. The van der Waals surface area contributed by atoms with E-state index in [9.17, 15) is 4.79 Å². The van der Waals surface area contributed by atoms with Crippen molar-refractivity contribution < 1.29 is 9.53 Å². The van der Waals surface area contributed by atoms with E-state index in [1.165, 1.54) is 18.4 Å². The molecule has 3 heterocycles.